The summed E-state index contributed by atoms with van der Waals surface area (Å²) >= 11 is 22.0. The van der Waals surface area contributed by atoms with E-state index in [4.69, 9.17) is 55.3 Å². The van der Waals surface area contributed by atoms with Crippen LogP contribution in [0.1, 0.15) is 0 Å². The zero-order valence-electron chi connectivity index (χ0n) is 6.13. The SMILES string of the molecule is S=P1(Cl)OCC(CCl)(CCl)CO1. The number of alkyl halides is 2. The average molecular weight is 270 g/mol. The minimum atomic E-state index is -2.50. The van der Waals surface area contributed by atoms with E-state index in [0.717, 1.165) is 0 Å². The molecule has 0 saturated carbocycles. The van der Waals surface area contributed by atoms with Gasteiger partial charge in [-0.2, -0.15) is 0 Å². The van der Waals surface area contributed by atoms with Gasteiger partial charge in [-0.15, -0.1) is 23.2 Å². The fourth-order valence-electron chi connectivity index (χ4n) is 0.697. The van der Waals surface area contributed by atoms with Crippen molar-refractivity contribution < 1.29 is 9.05 Å². The zero-order valence-corrected chi connectivity index (χ0v) is 10.1. The predicted molar refractivity (Wildman–Crippen MR) is 55.9 cm³/mol. The Kier molecular flexibility index (Phi) is 4.13. The summed E-state index contributed by atoms with van der Waals surface area (Å²) in [5.74, 6) is -1.72. The minimum absolute atomic E-state index is 0.319. The third kappa shape index (κ3) is 2.71. The number of hydrogen-bond donors (Lipinski definition) is 0. The van der Waals surface area contributed by atoms with Gasteiger partial charge in [0.05, 0.1) is 13.2 Å². The summed E-state index contributed by atoms with van der Waals surface area (Å²) in [6, 6.07) is 0. The Labute approximate surface area is 91.4 Å². The Balaban J connectivity index is 2.59. The number of hydrogen-bond acceptors (Lipinski definition) is 3. The molecule has 0 spiro atoms. The summed E-state index contributed by atoms with van der Waals surface area (Å²) in [7, 11) is 0. The van der Waals surface area contributed by atoms with E-state index in [-0.39, 0.29) is 5.41 Å². The second-order valence-electron chi connectivity index (χ2n) is 2.74. The third-order valence-electron chi connectivity index (χ3n) is 1.62. The van der Waals surface area contributed by atoms with Crippen molar-refractivity contribution in [2.24, 2.45) is 5.41 Å². The molecule has 2 nitrogen and oxygen atoms in total. The molecule has 0 N–H and O–H groups in total. The van der Waals surface area contributed by atoms with Gasteiger partial charge in [0.1, 0.15) is 0 Å². The lowest BCUT2D eigenvalue weighted by Gasteiger charge is -2.36. The Bertz CT molecular complexity index is 195. The molecule has 12 heavy (non-hydrogen) atoms. The largest absolute Gasteiger partial charge is 0.317 e. The first-order chi connectivity index (χ1) is 5.54. The highest BCUT2D eigenvalue weighted by Gasteiger charge is 2.38. The molecule has 1 rings (SSSR count). The third-order valence-corrected chi connectivity index (χ3v) is 4.84. The van der Waals surface area contributed by atoms with Crippen molar-refractivity contribution >= 4 is 52.1 Å². The Hall–Kier alpha value is 1.44. The lowest BCUT2D eigenvalue weighted by atomic mass is 9.96. The first-order valence-electron chi connectivity index (χ1n) is 3.24. The van der Waals surface area contributed by atoms with E-state index in [9.17, 15) is 0 Å². The van der Waals surface area contributed by atoms with Crippen molar-refractivity contribution in [3.05, 3.63) is 0 Å². The van der Waals surface area contributed by atoms with Crippen molar-refractivity contribution in [2.75, 3.05) is 25.0 Å². The summed E-state index contributed by atoms with van der Waals surface area (Å²) in [5, 5.41) is 0. The Morgan fingerprint density at radius 1 is 1.25 bits per heavy atom. The summed E-state index contributed by atoms with van der Waals surface area (Å²) in [5.41, 5.74) is -0.319. The van der Waals surface area contributed by atoms with Crippen LogP contribution in [0.15, 0.2) is 0 Å². The minimum Gasteiger partial charge on any atom is -0.317 e. The molecule has 0 unspecified atom stereocenters. The van der Waals surface area contributed by atoms with Crippen molar-refractivity contribution in [1.82, 2.24) is 0 Å². The first kappa shape index (κ1) is 11.5. The maximum atomic E-state index is 5.72. The van der Waals surface area contributed by atoms with E-state index in [1.54, 1.807) is 0 Å². The molecule has 0 bridgehead atoms. The first-order valence-corrected chi connectivity index (χ1v) is 7.86. The fraction of sp³-hybridized carbons (Fsp3) is 1.00. The van der Waals surface area contributed by atoms with Gasteiger partial charge in [-0.3, -0.25) is 0 Å². The van der Waals surface area contributed by atoms with E-state index < -0.39 is 5.84 Å². The molecule has 1 fully saturated rings. The van der Waals surface area contributed by atoms with Gasteiger partial charge in [0.2, 0.25) is 0 Å². The van der Waals surface area contributed by atoms with Crippen molar-refractivity contribution in [3.8, 4) is 0 Å². The summed E-state index contributed by atoms with van der Waals surface area (Å²) in [4.78, 5) is 0. The zero-order chi connectivity index (χ0) is 9.24. The van der Waals surface area contributed by atoms with E-state index in [0.29, 0.717) is 25.0 Å². The Morgan fingerprint density at radius 2 is 1.67 bits per heavy atom. The molecule has 0 radical (unpaired) electrons. The van der Waals surface area contributed by atoms with Gasteiger partial charge in [-0.1, -0.05) is 0 Å². The van der Waals surface area contributed by atoms with Crippen LogP contribution in [-0.4, -0.2) is 25.0 Å². The maximum Gasteiger partial charge on any atom is 0.281 e. The topological polar surface area (TPSA) is 18.5 Å². The molecular formula is C5H8Cl3O2PS. The van der Waals surface area contributed by atoms with Crippen molar-refractivity contribution in [2.45, 2.75) is 0 Å². The monoisotopic (exact) mass is 268 g/mol. The van der Waals surface area contributed by atoms with Crippen LogP contribution in [0.4, 0.5) is 0 Å². The second-order valence-corrected chi connectivity index (χ2v) is 8.04. The van der Waals surface area contributed by atoms with Crippen LogP contribution < -0.4 is 0 Å². The van der Waals surface area contributed by atoms with Gasteiger partial charge < -0.3 is 9.05 Å². The molecular weight excluding hydrogens is 261 g/mol. The quantitative estimate of drug-likeness (QED) is 0.567. The smallest absolute Gasteiger partial charge is 0.281 e. The van der Waals surface area contributed by atoms with Crippen LogP contribution in [0.2, 0.25) is 0 Å². The van der Waals surface area contributed by atoms with Crippen LogP contribution in [0.25, 0.3) is 0 Å². The Morgan fingerprint density at radius 3 is 2.00 bits per heavy atom. The summed E-state index contributed by atoms with van der Waals surface area (Å²) < 4.78 is 10.3. The molecule has 0 aliphatic carbocycles. The van der Waals surface area contributed by atoms with Gasteiger partial charge in [0.25, 0.3) is 5.84 Å². The lowest BCUT2D eigenvalue weighted by Crippen LogP contribution is -2.38. The van der Waals surface area contributed by atoms with Gasteiger partial charge in [0, 0.05) is 17.2 Å². The van der Waals surface area contributed by atoms with Crippen LogP contribution in [0, 0.1) is 5.41 Å². The van der Waals surface area contributed by atoms with E-state index in [2.05, 4.69) is 0 Å². The molecule has 0 aromatic carbocycles. The average Bonchev–Trinajstić information content (AvgIpc) is 2.06. The summed E-state index contributed by atoms with van der Waals surface area (Å²) in [6.07, 6.45) is 0. The van der Waals surface area contributed by atoms with Crippen LogP contribution in [0.5, 0.6) is 0 Å². The number of halogens is 3. The predicted octanol–water partition coefficient (Wildman–Crippen LogP) is 2.96. The normalized spacial score (nSPS) is 26.9. The second kappa shape index (κ2) is 4.31. The fourth-order valence-corrected chi connectivity index (χ4v) is 2.83. The maximum absolute atomic E-state index is 5.72. The van der Waals surface area contributed by atoms with E-state index >= 15 is 0 Å². The van der Waals surface area contributed by atoms with Crippen molar-refractivity contribution in [1.29, 1.82) is 0 Å². The molecule has 0 amide bonds. The van der Waals surface area contributed by atoms with Crippen molar-refractivity contribution in [3.63, 3.8) is 0 Å². The highest BCUT2D eigenvalue weighted by atomic mass is 35.7. The standard InChI is InChI=1S/C5H8Cl3O2PS/c6-1-5(2-7)3-9-11(8,12)10-4-5/h1-4H2. The molecule has 1 aliphatic heterocycles. The molecule has 1 saturated heterocycles. The van der Waals surface area contributed by atoms with Crippen LogP contribution >= 0.6 is 40.3 Å². The molecule has 0 aromatic heterocycles. The summed E-state index contributed by atoms with van der Waals surface area (Å²) in [6.45, 7) is 0.779. The van der Waals surface area contributed by atoms with Gasteiger partial charge in [0.15, 0.2) is 0 Å². The lowest BCUT2D eigenvalue weighted by molar-refractivity contribution is 0.0716. The van der Waals surface area contributed by atoms with Gasteiger partial charge in [-0.05, 0) is 23.0 Å². The van der Waals surface area contributed by atoms with E-state index in [1.807, 2.05) is 0 Å². The molecule has 0 aromatic rings. The molecule has 7 heteroatoms. The molecule has 1 heterocycles. The molecule has 0 atom stereocenters. The van der Waals surface area contributed by atoms with E-state index in [1.165, 1.54) is 0 Å². The number of rotatable bonds is 2. The highest BCUT2D eigenvalue weighted by molar-refractivity contribution is 8.22. The van der Waals surface area contributed by atoms with Crippen LogP contribution in [-0.2, 0) is 20.9 Å². The highest BCUT2D eigenvalue weighted by Crippen LogP contribution is 2.58. The van der Waals surface area contributed by atoms with Gasteiger partial charge >= 0.3 is 0 Å². The van der Waals surface area contributed by atoms with Crippen LogP contribution in [0.3, 0.4) is 0 Å². The molecule has 1 aliphatic rings. The van der Waals surface area contributed by atoms with Gasteiger partial charge in [-0.25, -0.2) is 0 Å². The molecule has 72 valence electrons.